The number of aryl methyl sites for hydroxylation is 2. The molecule has 1 aliphatic carbocycles. The summed E-state index contributed by atoms with van der Waals surface area (Å²) in [5.74, 6) is 1.49. The van der Waals surface area contributed by atoms with Crippen LogP contribution in [0.1, 0.15) is 79.3 Å². The van der Waals surface area contributed by atoms with E-state index in [1.165, 1.54) is 23.3 Å². The SMILES string of the molecule is CCCCN(CC)C(=O)c1nc2c3c4c(sc3nc(C)n2n1)CCC[C@H]4C. The number of hydrogen-bond acceptors (Lipinski definition) is 5. The molecule has 0 aliphatic heterocycles. The Morgan fingerprint density at radius 2 is 2.15 bits per heavy atom. The average Bonchev–Trinajstić information content (AvgIpc) is 3.24. The third-order valence-electron chi connectivity index (χ3n) is 5.58. The van der Waals surface area contributed by atoms with E-state index in [1.807, 2.05) is 18.7 Å². The summed E-state index contributed by atoms with van der Waals surface area (Å²) in [5.41, 5.74) is 2.17. The number of amides is 1. The van der Waals surface area contributed by atoms with Gasteiger partial charge in [-0.15, -0.1) is 16.4 Å². The van der Waals surface area contributed by atoms with E-state index in [2.05, 4.69) is 18.9 Å². The second-order valence-electron chi connectivity index (χ2n) is 7.48. The Bertz CT molecular complexity index is 1010. The fourth-order valence-corrected chi connectivity index (χ4v) is 5.44. The molecule has 0 saturated carbocycles. The van der Waals surface area contributed by atoms with E-state index in [0.29, 0.717) is 12.5 Å². The van der Waals surface area contributed by atoms with E-state index in [0.717, 1.165) is 47.5 Å². The molecule has 1 amide bonds. The van der Waals surface area contributed by atoms with Crippen molar-refractivity contribution in [1.29, 1.82) is 0 Å². The van der Waals surface area contributed by atoms with Crippen LogP contribution in [-0.4, -0.2) is 43.5 Å². The number of fused-ring (bicyclic) bond motifs is 5. The Morgan fingerprint density at radius 3 is 2.89 bits per heavy atom. The van der Waals surface area contributed by atoms with E-state index < -0.39 is 0 Å². The molecule has 0 saturated heterocycles. The molecule has 0 aromatic carbocycles. The van der Waals surface area contributed by atoms with Gasteiger partial charge in [-0.05, 0) is 51.0 Å². The van der Waals surface area contributed by atoms with Gasteiger partial charge in [-0.1, -0.05) is 20.3 Å². The number of hydrogen-bond donors (Lipinski definition) is 0. The molecule has 0 spiro atoms. The van der Waals surface area contributed by atoms with E-state index >= 15 is 0 Å². The zero-order valence-corrected chi connectivity index (χ0v) is 17.4. The molecule has 27 heavy (non-hydrogen) atoms. The molecule has 6 nitrogen and oxygen atoms in total. The maximum absolute atomic E-state index is 13.0. The van der Waals surface area contributed by atoms with Crippen molar-refractivity contribution in [3.05, 3.63) is 22.1 Å². The maximum atomic E-state index is 13.0. The van der Waals surface area contributed by atoms with Crippen molar-refractivity contribution in [1.82, 2.24) is 24.5 Å². The van der Waals surface area contributed by atoms with Gasteiger partial charge in [0, 0.05) is 18.0 Å². The monoisotopic (exact) mass is 385 g/mol. The first-order valence-corrected chi connectivity index (χ1v) is 10.8. The minimum atomic E-state index is -0.0839. The highest BCUT2D eigenvalue weighted by Crippen LogP contribution is 2.42. The van der Waals surface area contributed by atoms with Gasteiger partial charge >= 0.3 is 0 Å². The van der Waals surface area contributed by atoms with Crippen molar-refractivity contribution < 1.29 is 4.79 Å². The highest BCUT2D eigenvalue weighted by molar-refractivity contribution is 7.19. The number of thiophene rings is 1. The average molecular weight is 386 g/mol. The second kappa shape index (κ2) is 7.19. The normalized spacial score (nSPS) is 16.8. The van der Waals surface area contributed by atoms with Gasteiger partial charge in [0.15, 0.2) is 5.65 Å². The first kappa shape index (κ1) is 18.3. The molecule has 0 bridgehead atoms. The van der Waals surface area contributed by atoms with Gasteiger partial charge in [-0.25, -0.2) is 9.97 Å². The summed E-state index contributed by atoms with van der Waals surface area (Å²) in [4.78, 5) is 26.8. The predicted molar refractivity (Wildman–Crippen MR) is 109 cm³/mol. The topological polar surface area (TPSA) is 63.4 Å². The lowest BCUT2D eigenvalue weighted by atomic mass is 9.87. The lowest BCUT2D eigenvalue weighted by Crippen LogP contribution is -2.32. The largest absolute Gasteiger partial charge is 0.336 e. The molecule has 3 heterocycles. The van der Waals surface area contributed by atoms with Crippen molar-refractivity contribution in [2.45, 2.75) is 65.7 Å². The summed E-state index contributed by atoms with van der Waals surface area (Å²) in [6.45, 7) is 9.78. The van der Waals surface area contributed by atoms with Gasteiger partial charge in [-0.3, -0.25) is 4.79 Å². The van der Waals surface area contributed by atoms with Crippen molar-refractivity contribution in [2.75, 3.05) is 13.1 Å². The Morgan fingerprint density at radius 1 is 1.33 bits per heavy atom. The van der Waals surface area contributed by atoms with Gasteiger partial charge in [0.2, 0.25) is 5.82 Å². The molecule has 0 fully saturated rings. The van der Waals surface area contributed by atoms with Crippen LogP contribution in [-0.2, 0) is 6.42 Å². The zero-order valence-electron chi connectivity index (χ0n) is 16.6. The number of rotatable bonds is 5. The van der Waals surface area contributed by atoms with Crippen molar-refractivity contribution >= 4 is 33.1 Å². The standard InChI is InChI=1S/C20H27N5OS/c1-5-7-11-24(6-2)20(26)17-22-18-16-15-12(3)9-8-10-14(15)27-19(16)21-13(4)25(18)23-17/h12H,5-11H2,1-4H3/t12-/m1/s1. The van der Waals surface area contributed by atoms with E-state index in [9.17, 15) is 4.79 Å². The van der Waals surface area contributed by atoms with Gasteiger partial charge in [0.05, 0.1) is 5.39 Å². The second-order valence-corrected chi connectivity index (χ2v) is 8.56. The first-order chi connectivity index (χ1) is 13.0. The van der Waals surface area contributed by atoms with Crippen molar-refractivity contribution in [3.63, 3.8) is 0 Å². The van der Waals surface area contributed by atoms with Crippen LogP contribution in [0.15, 0.2) is 0 Å². The van der Waals surface area contributed by atoms with Gasteiger partial charge in [-0.2, -0.15) is 4.52 Å². The Balaban J connectivity index is 1.86. The molecular formula is C20H27N5OS. The maximum Gasteiger partial charge on any atom is 0.293 e. The Kier molecular flexibility index (Phi) is 4.88. The van der Waals surface area contributed by atoms with Crippen LogP contribution in [0.2, 0.25) is 0 Å². The van der Waals surface area contributed by atoms with Crippen LogP contribution in [0.5, 0.6) is 0 Å². The summed E-state index contributed by atoms with van der Waals surface area (Å²) >= 11 is 1.78. The fraction of sp³-hybridized carbons (Fsp3) is 0.600. The summed E-state index contributed by atoms with van der Waals surface area (Å²) in [5, 5.41) is 5.66. The molecule has 1 atom stereocenters. The van der Waals surface area contributed by atoms with Crippen molar-refractivity contribution in [2.24, 2.45) is 0 Å². The lowest BCUT2D eigenvalue weighted by molar-refractivity contribution is 0.0750. The summed E-state index contributed by atoms with van der Waals surface area (Å²) in [7, 11) is 0. The molecule has 3 aromatic heterocycles. The van der Waals surface area contributed by atoms with Gasteiger partial charge in [0.1, 0.15) is 10.7 Å². The third kappa shape index (κ3) is 3.02. The minimum absolute atomic E-state index is 0.0839. The summed E-state index contributed by atoms with van der Waals surface area (Å²) in [6.07, 6.45) is 5.60. The Labute approximate surface area is 163 Å². The van der Waals surface area contributed by atoms with Crippen LogP contribution >= 0.6 is 11.3 Å². The molecule has 1 aliphatic rings. The molecule has 0 unspecified atom stereocenters. The zero-order chi connectivity index (χ0) is 19.1. The number of carbonyl (C=O) groups excluding carboxylic acids is 1. The first-order valence-electron chi connectivity index (χ1n) is 10.0. The molecule has 0 radical (unpaired) electrons. The molecule has 7 heteroatoms. The Hall–Kier alpha value is -2.02. The molecule has 4 rings (SSSR count). The molecule has 3 aromatic rings. The number of aromatic nitrogens is 4. The molecule has 0 N–H and O–H groups in total. The van der Waals surface area contributed by atoms with Crippen molar-refractivity contribution in [3.8, 4) is 0 Å². The van der Waals surface area contributed by atoms with Crippen LogP contribution in [0.3, 0.4) is 0 Å². The highest BCUT2D eigenvalue weighted by atomic mass is 32.1. The lowest BCUT2D eigenvalue weighted by Gasteiger charge is -2.18. The van der Waals surface area contributed by atoms with E-state index in [1.54, 1.807) is 15.9 Å². The van der Waals surface area contributed by atoms with Crippen LogP contribution < -0.4 is 0 Å². The summed E-state index contributed by atoms with van der Waals surface area (Å²) in [6, 6.07) is 0. The third-order valence-corrected chi connectivity index (χ3v) is 6.74. The highest BCUT2D eigenvalue weighted by Gasteiger charge is 2.27. The smallest absolute Gasteiger partial charge is 0.293 e. The molecular weight excluding hydrogens is 358 g/mol. The number of carbonyl (C=O) groups is 1. The van der Waals surface area contributed by atoms with Crippen LogP contribution in [0.25, 0.3) is 15.9 Å². The van der Waals surface area contributed by atoms with Gasteiger partial charge in [0.25, 0.3) is 5.91 Å². The predicted octanol–water partition coefficient (Wildman–Crippen LogP) is 4.35. The number of nitrogens with zero attached hydrogens (tertiary/aromatic N) is 5. The quantitative estimate of drug-likeness (QED) is 0.655. The van der Waals surface area contributed by atoms with Crippen LogP contribution in [0.4, 0.5) is 0 Å². The van der Waals surface area contributed by atoms with E-state index in [4.69, 9.17) is 9.97 Å². The fourth-order valence-electron chi connectivity index (χ4n) is 4.07. The van der Waals surface area contributed by atoms with E-state index in [-0.39, 0.29) is 11.7 Å². The van der Waals surface area contributed by atoms with Crippen LogP contribution in [0, 0.1) is 6.92 Å². The number of unbranched alkanes of at least 4 members (excludes halogenated alkanes) is 1. The summed E-state index contributed by atoms with van der Waals surface area (Å²) < 4.78 is 1.76. The molecule has 144 valence electrons. The minimum Gasteiger partial charge on any atom is -0.336 e. The van der Waals surface area contributed by atoms with Gasteiger partial charge < -0.3 is 4.90 Å².